The van der Waals surface area contributed by atoms with Gasteiger partial charge in [0.1, 0.15) is 18.5 Å². The van der Waals surface area contributed by atoms with Crippen LogP contribution in [0.4, 0.5) is 5.69 Å². The van der Waals surface area contributed by atoms with Crippen molar-refractivity contribution in [1.82, 2.24) is 0 Å². The molecule has 0 heterocycles. The third-order valence-electron chi connectivity index (χ3n) is 1.91. The van der Waals surface area contributed by atoms with E-state index in [1.807, 2.05) is 0 Å². The number of hydrogen-bond acceptors (Lipinski definition) is 5. The smallest absolute Gasteiger partial charge is 0.337 e. The maximum atomic E-state index is 10.7. The summed E-state index contributed by atoms with van der Waals surface area (Å²) in [5.41, 5.74) is 5.53. The standard InChI is InChI=1S/C10H13NO5/c11-9-2-1-7(3-8(9)10(14)15)16-5-6(13)4-12/h1-3,6,12-13H,4-5,11H2,(H,14,15). The Labute approximate surface area is 91.9 Å². The third-order valence-corrected chi connectivity index (χ3v) is 1.91. The number of hydrogen-bond donors (Lipinski definition) is 4. The summed E-state index contributed by atoms with van der Waals surface area (Å²) in [4.78, 5) is 10.7. The quantitative estimate of drug-likeness (QED) is 0.513. The molecule has 0 spiro atoms. The second-order valence-electron chi connectivity index (χ2n) is 3.20. The zero-order chi connectivity index (χ0) is 12.1. The van der Waals surface area contributed by atoms with Crippen LogP contribution >= 0.6 is 0 Å². The van der Waals surface area contributed by atoms with E-state index in [1.54, 1.807) is 0 Å². The van der Waals surface area contributed by atoms with Crippen molar-refractivity contribution in [2.75, 3.05) is 18.9 Å². The third kappa shape index (κ3) is 3.11. The van der Waals surface area contributed by atoms with Crippen molar-refractivity contribution in [1.29, 1.82) is 0 Å². The minimum Gasteiger partial charge on any atom is -0.491 e. The average molecular weight is 227 g/mol. The lowest BCUT2D eigenvalue weighted by atomic mass is 10.2. The summed E-state index contributed by atoms with van der Waals surface area (Å²) in [5.74, 6) is -0.871. The van der Waals surface area contributed by atoms with E-state index in [2.05, 4.69) is 0 Å². The van der Waals surface area contributed by atoms with E-state index < -0.39 is 18.7 Å². The maximum Gasteiger partial charge on any atom is 0.337 e. The van der Waals surface area contributed by atoms with Crippen molar-refractivity contribution in [3.8, 4) is 5.75 Å². The van der Waals surface area contributed by atoms with Crippen molar-refractivity contribution in [3.63, 3.8) is 0 Å². The highest BCUT2D eigenvalue weighted by molar-refractivity contribution is 5.94. The Kier molecular flexibility index (Phi) is 4.10. The van der Waals surface area contributed by atoms with Crippen LogP contribution in [0, 0.1) is 0 Å². The van der Waals surface area contributed by atoms with E-state index in [9.17, 15) is 4.79 Å². The molecule has 1 aromatic rings. The zero-order valence-corrected chi connectivity index (χ0v) is 8.46. The second kappa shape index (κ2) is 5.34. The van der Waals surface area contributed by atoms with Crippen LogP contribution < -0.4 is 10.5 Å². The monoisotopic (exact) mass is 227 g/mol. The zero-order valence-electron chi connectivity index (χ0n) is 8.46. The predicted octanol–water partition coefficient (Wildman–Crippen LogP) is -0.301. The molecule has 1 atom stereocenters. The first kappa shape index (κ1) is 12.3. The van der Waals surface area contributed by atoms with Gasteiger partial charge in [0.15, 0.2) is 0 Å². The molecule has 0 radical (unpaired) electrons. The second-order valence-corrected chi connectivity index (χ2v) is 3.20. The van der Waals surface area contributed by atoms with Crippen LogP contribution in [0.2, 0.25) is 0 Å². The number of ether oxygens (including phenoxy) is 1. The van der Waals surface area contributed by atoms with Crippen LogP contribution in [0.3, 0.4) is 0 Å². The first-order valence-electron chi connectivity index (χ1n) is 4.59. The Morgan fingerprint density at radius 3 is 2.75 bits per heavy atom. The van der Waals surface area contributed by atoms with E-state index in [-0.39, 0.29) is 23.6 Å². The molecule has 0 amide bonds. The van der Waals surface area contributed by atoms with Crippen molar-refractivity contribution in [2.24, 2.45) is 0 Å². The van der Waals surface area contributed by atoms with Gasteiger partial charge in [-0.3, -0.25) is 0 Å². The highest BCUT2D eigenvalue weighted by atomic mass is 16.5. The van der Waals surface area contributed by atoms with E-state index in [4.69, 9.17) is 25.8 Å². The van der Waals surface area contributed by atoms with Gasteiger partial charge in [0, 0.05) is 5.69 Å². The van der Waals surface area contributed by atoms with Gasteiger partial charge in [-0.25, -0.2) is 4.79 Å². The largest absolute Gasteiger partial charge is 0.491 e. The average Bonchev–Trinajstić information content (AvgIpc) is 2.27. The molecule has 16 heavy (non-hydrogen) atoms. The SMILES string of the molecule is Nc1ccc(OCC(O)CO)cc1C(=O)O. The summed E-state index contributed by atoms with van der Waals surface area (Å²) in [6, 6.07) is 4.16. The number of rotatable bonds is 5. The fraction of sp³-hybridized carbons (Fsp3) is 0.300. The fourth-order valence-electron chi connectivity index (χ4n) is 1.06. The van der Waals surface area contributed by atoms with Gasteiger partial charge < -0.3 is 25.8 Å². The van der Waals surface area contributed by atoms with Crippen LogP contribution in [0.25, 0.3) is 0 Å². The molecule has 0 aliphatic carbocycles. The molecule has 1 rings (SSSR count). The molecule has 0 fully saturated rings. The fourth-order valence-corrected chi connectivity index (χ4v) is 1.06. The minimum atomic E-state index is -1.15. The molecule has 0 aliphatic heterocycles. The number of aliphatic hydroxyl groups is 2. The summed E-state index contributed by atoms with van der Waals surface area (Å²) in [6.45, 7) is -0.528. The molecule has 0 aliphatic rings. The number of aromatic carboxylic acids is 1. The summed E-state index contributed by atoms with van der Waals surface area (Å²) < 4.78 is 5.08. The molecular formula is C10H13NO5. The molecule has 0 aromatic heterocycles. The van der Waals surface area contributed by atoms with Crippen molar-refractivity contribution >= 4 is 11.7 Å². The molecular weight excluding hydrogens is 214 g/mol. The Hall–Kier alpha value is -1.79. The highest BCUT2D eigenvalue weighted by Gasteiger charge is 2.10. The topological polar surface area (TPSA) is 113 Å². The normalized spacial score (nSPS) is 12.1. The predicted molar refractivity (Wildman–Crippen MR) is 56.4 cm³/mol. The Bertz CT molecular complexity index is 379. The lowest BCUT2D eigenvalue weighted by Crippen LogP contribution is -2.21. The molecule has 0 saturated heterocycles. The lowest BCUT2D eigenvalue weighted by molar-refractivity contribution is 0.0535. The van der Waals surface area contributed by atoms with Gasteiger partial charge in [0.2, 0.25) is 0 Å². The maximum absolute atomic E-state index is 10.7. The van der Waals surface area contributed by atoms with E-state index >= 15 is 0 Å². The van der Waals surface area contributed by atoms with E-state index in [0.717, 1.165) is 0 Å². The van der Waals surface area contributed by atoms with Gasteiger partial charge in [0.25, 0.3) is 0 Å². The summed E-state index contributed by atoms with van der Waals surface area (Å²) >= 11 is 0. The van der Waals surface area contributed by atoms with Gasteiger partial charge in [-0.2, -0.15) is 0 Å². The van der Waals surface area contributed by atoms with Crippen LogP contribution in [-0.2, 0) is 0 Å². The Morgan fingerprint density at radius 2 is 2.19 bits per heavy atom. The number of benzene rings is 1. The molecule has 1 aromatic carbocycles. The first-order chi connectivity index (χ1) is 7.54. The number of carbonyl (C=O) groups is 1. The first-order valence-corrected chi connectivity index (χ1v) is 4.59. The lowest BCUT2D eigenvalue weighted by Gasteiger charge is -2.10. The van der Waals surface area contributed by atoms with Gasteiger partial charge in [-0.1, -0.05) is 0 Å². The molecule has 1 unspecified atom stereocenters. The molecule has 0 bridgehead atoms. The van der Waals surface area contributed by atoms with Crippen LogP contribution in [0.15, 0.2) is 18.2 Å². The van der Waals surface area contributed by atoms with Crippen molar-refractivity contribution < 1.29 is 24.9 Å². The number of carboxylic acid groups (broad SMARTS) is 1. The minimum absolute atomic E-state index is 0.0593. The van der Waals surface area contributed by atoms with Crippen LogP contribution in [0.5, 0.6) is 5.75 Å². The van der Waals surface area contributed by atoms with Gasteiger partial charge >= 0.3 is 5.97 Å². The molecule has 6 heteroatoms. The molecule has 88 valence electrons. The summed E-state index contributed by atoms with van der Waals surface area (Å²) in [6.07, 6.45) is -0.995. The van der Waals surface area contributed by atoms with Crippen molar-refractivity contribution in [3.05, 3.63) is 23.8 Å². The van der Waals surface area contributed by atoms with Gasteiger partial charge in [-0.05, 0) is 18.2 Å². The van der Waals surface area contributed by atoms with Crippen LogP contribution in [0.1, 0.15) is 10.4 Å². The number of anilines is 1. The summed E-state index contributed by atoms with van der Waals surface area (Å²) in [5, 5.41) is 26.4. The van der Waals surface area contributed by atoms with E-state index in [0.29, 0.717) is 0 Å². The molecule has 0 saturated carbocycles. The summed E-state index contributed by atoms with van der Waals surface area (Å²) in [7, 11) is 0. The highest BCUT2D eigenvalue weighted by Crippen LogP contribution is 2.19. The van der Waals surface area contributed by atoms with Gasteiger partial charge in [-0.15, -0.1) is 0 Å². The number of carboxylic acids is 1. The van der Waals surface area contributed by atoms with E-state index in [1.165, 1.54) is 18.2 Å². The van der Waals surface area contributed by atoms with Gasteiger partial charge in [0.05, 0.1) is 12.2 Å². The number of aliphatic hydroxyl groups excluding tert-OH is 2. The van der Waals surface area contributed by atoms with Crippen LogP contribution in [-0.4, -0.2) is 40.6 Å². The Balaban J connectivity index is 2.75. The number of nitrogens with two attached hydrogens (primary N) is 1. The van der Waals surface area contributed by atoms with Crippen molar-refractivity contribution in [2.45, 2.75) is 6.10 Å². The Morgan fingerprint density at radius 1 is 1.50 bits per heavy atom. The number of nitrogen functional groups attached to an aromatic ring is 1. The molecule has 5 N–H and O–H groups in total. The molecule has 6 nitrogen and oxygen atoms in total.